The van der Waals surface area contributed by atoms with Gasteiger partial charge in [0, 0.05) is 41.8 Å². The smallest absolute Gasteiger partial charge is 0.250 e. The minimum atomic E-state index is 0.424. The van der Waals surface area contributed by atoms with Gasteiger partial charge in [0.1, 0.15) is 11.5 Å². The largest absolute Gasteiger partial charge is 0.455 e. The van der Waals surface area contributed by atoms with Crippen molar-refractivity contribution in [3.8, 4) is 11.3 Å². The van der Waals surface area contributed by atoms with Gasteiger partial charge in [0.05, 0.1) is 6.21 Å². The Morgan fingerprint density at radius 1 is 0.844 bits per heavy atom. The number of anilines is 3. The summed E-state index contributed by atoms with van der Waals surface area (Å²) < 4.78 is 5.85. The van der Waals surface area contributed by atoms with Crippen molar-refractivity contribution in [2.75, 3.05) is 41.4 Å². The van der Waals surface area contributed by atoms with E-state index in [4.69, 9.17) is 32.6 Å². The van der Waals surface area contributed by atoms with Gasteiger partial charge < -0.3 is 14.2 Å². The molecule has 0 aliphatic carbocycles. The van der Waals surface area contributed by atoms with E-state index in [1.807, 2.05) is 12.1 Å². The second-order valence-electron chi connectivity index (χ2n) is 7.88. The van der Waals surface area contributed by atoms with Gasteiger partial charge in [-0.25, -0.2) is 5.43 Å². The van der Waals surface area contributed by atoms with Gasteiger partial charge in [0.2, 0.25) is 17.8 Å². The molecular formula is C22H23Cl2N7O. The molecule has 2 fully saturated rings. The fourth-order valence-corrected chi connectivity index (χ4v) is 4.47. The number of rotatable bonds is 6. The van der Waals surface area contributed by atoms with Gasteiger partial charge in [0.25, 0.3) is 0 Å². The monoisotopic (exact) mass is 471 g/mol. The highest BCUT2D eigenvalue weighted by Crippen LogP contribution is 2.28. The number of halogens is 2. The van der Waals surface area contributed by atoms with E-state index in [0.717, 1.165) is 57.4 Å². The molecule has 2 saturated heterocycles. The molecule has 3 aromatic rings. The molecule has 5 rings (SSSR count). The second kappa shape index (κ2) is 9.34. The molecule has 32 heavy (non-hydrogen) atoms. The lowest BCUT2D eigenvalue weighted by Gasteiger charge is -2.20. The molecule has 1 aromatic carbocycles. The van der Waals surface area contributed by atoms with Crippen LogP contribution >= 0.6 is 23.2 Å². The predicted molar refractivity (Wildman–Crippen MR) is 128 cm³/mol. The number of aromatic nitrogens is 3. The Balaban J connectivity index is 1.33. The first-order valence-corrected chi connectivity index (χ1v) is 11.5. The third kappa shape index (κ3) is 4.81. The van der Waals surface area contributed by atoms with Gasteiger partial charge in [-0.15, -0.1) is 0 Å². The Hall–Kier alpha value is -2.84. The molecule has 0 bridgehead atoms. The number of nitrogens with one attached hydrogen (secondary N) is 1. The van der Waals surface area contributed by atoms with E-state index in [-0.39, 0.29) is 0 Å². The van der Waals surface area contributed by atoms with Crippen LogP contribution in [-0.2, 0) is 0 Å². The lowest BCUT2D eigenvalue weighted by Crippen LogP contribution is -2.25. The number of nitrogens with zero attached hydrogens (tertiary/aromatic N) is 6. The Labute approximate surface area is 196 Å². The first-order chi connectivity index (χ1) is 15.6. The summed E-state index contributed by atoms with van der Waals surface area (Å²) in [6, 6.07) is 8.96. The zero-order valence-corrected chi connectivity index (χ0v) is 19.0. The third-order valence-corrected chi connectivity index (χ3v) is 5.96. The zero-order valence-electron chi connectivity index (χ0n) is 17.5. The van der Waals surface area contributed by atoms with Gasteiger partial charge in [-0.05, 0) is 56.0 Å². The van der Waals surface area contributed by atoms with Crippen molar-refractivity contribution >= 4 is 47.3 Å². The highest BCUT2D eigenvalue weighted by molar-refractivity contribution is 6.35. The molecule has 166 valence electrons. The Kier molecular flexibility index (Phi) is 6.14. The summed E-state index contributed by atoms with van der Waals surface area (Å²) in [4.78, 5) is 18.3. The molecule has 0 spiro atoms. The maximum absolute atomic E-state index is 6.09. The average molecular weight is 472 g/mol. The second-order valence-corrected chi connectivity index (χ2v) is 8.75. The molecule has 1 N–H and O–H groups in total. The molecule has 2 aliphatic rings. The molecular weight excluding hydrogens is 449 g/mol. The van der Waals surface area contributed by atoms with Crippen molar-refractivity contribution in [3.63, 3.8) is 0 Å². The van der Waals surface area contributed by atoms with E-state index in [0.29, 0.717) is 39.4 Å². The fraction of sp³-hybridized carbons (Fsp3) is 0.364. The van der Waals surface area contributed by atoms with Gasteiger partial charge in [-0.1, -0.05) is 23.2 Å². The van der Waals surface area contributed by atoms with Crippen LogP contribution in [0.1, 0.15) is 31.4 Å². The van der Waals surface area contributed by atoms with Crippen LogP contribution in [0.25, 0.3) is 11.3 Å². The highest BCUT2D eigenvalue weighted by Gasteiger charge is 2.21. The molecule has 0 saturated carbocycles. The van der Waals surface area contributed by atoms with E-state index in [1.54, 1.807) is 24.4 Å². The zero-order chi connectivity index (χ0) is 21.9. The summed E-state index contributed by atoms with van der Waals surface area (Å²) in [5.74, 6) is 3.07. The molecule has 4 heterocycles. The van der Waals surface area contributed by atoms with E-state index in [2.05, 4.69) is 30.3 Å². The highest BCUT2D eigenvalue weighted by atomic mass is 35.5. The predicted octanol–water partition coefficient (Wildman–Crippen LogP) is 5.08. The normalized spacial score (nSPS) is 16.4. The molecule has 2 aromatic heterocycles. The summed E-state index contributed by atoms with van der Waals surface area (Å²) >= 11 is 12.2. The molecule has 2 aliphatic heterocycles. The van der Waals surface area contributed by atoms with Crippen molar-refractivity contribution in [3.05, 3.63) is 46.1 Å². The van der Waals surface area contributed by atoms with Crippen molar-refractivity contribution in [1.29, 1.82) is 0 Å². The summed E-state index contributed by atoms with van der Waals surface area (Å²) in [7, 11) is 0. The first-order valence-electron chi connectivity index (χ1n) is 10.8. The quantitative estimate of drug-likeness (QED) is 0.396. The molecule has 0 atom stereocenters. The van der Waals surface area contributed by atoms with Gasteiger partial charge >= 0.3 is 0 Å². The summed E-state index contributed by atoms with van der Waals surface area (Å²) in [5.41, 5.74) is 3.74. The minimum Gasteiger partial charge on any atom is -0.455 e. The van der Waals surface area contributed by atoms with E-state index < -0.39 is 0 Å². The van der Waals surface area contributed by atoms with Crippen molar-refractivity contribution in [2.24, 2.45) is 5.10 Å². The van der Waals surface area contributed by atoms with Crippen LogP contribution < -0.4 is 15.2 Å². The number of benzene rings is 1. The SMILES string of the molecule is Clc1cc(Cl)cc(-c2ccc(/C=N\Nc3nc(N4CCCC4)nc(N4CCCC4)n3)o2)c1. The third-order valence-electron chi connectivity index (χ3n) is 5.52. The average Bonchev–Trinajstić information content (AvgIpc) is 3.56. The Bertz CT molecular complexity index is 1070. The molecule has 8 nitrogen and oxygen atoms in total. The maximum atomic E-state index is 6.09. The number of furan rings is 1. The standard InChI is InChI=1S/C22H23Cl2N7O/c23-16-11-15(12-17(24)13-16)19-6-5-18(32-19)14-25-29-20-26-21(30-7-1-2-8-30)28-22(27-20)31-9-3-4-10-31/h5-6,11-14H,1-4,7-10H2,(H,26,27,28,29)/b25-14-. The first kappa shape index (κ1) is 21.0. The van der Waals surface area contributed by atoms with Crippen LogP contribution in [0.4, 0.5) is 17.8 Å². The van der Waals surface area contributed by atoms with Gasteiger partial charge in [0.15, 0.2) is 0 Å². The van der Waals surface area contributed by atoms with Gasteiger partial charge in [-0.2, -0.15) is 20.1 Å². The van der Waals surface area contributed by atoms with Crippen LogP contribution in [0, 0.1) is 0 Å². The van der Waals surface area contributed by atoms with Crippen LogP contribution in [0.2, 0.25) is 10.0 Å². The topological polar surface area (TPSA) is 82.7 Å². The van der Waals surface area contributed by atoms with Crippen LogP contribution in [0.3, 0.4) is 0 Å². The van der Waals surface area contributed by atoms with E-state index in [1.165, 1.54) is 0 Å². The maximum Gasteiger partial charge on any atom is 0.250 e. The number of hydrogen-bond acceptors (Lipinski definition) is 8. The van der Waals surface area contributed by atoms with Crippen LogP contribution in [0.15, 0.2) is 39.9 Å². The van der Waals surface area contributed by atoms with Crippen LogP contribution in [0.5, 0.6) is 0 Å². The Morgan fingerprint density at radius 2 is 1.44 bits per heavy atom. The summed E-state index contributed by atoms with van der Waals surface area (Å²) in [6.07, 6.45) is 6.22. The summed E-state index contributed by atoms with van der Waals surface area (Å²) in [6.45, 7) is 3.87. The summed E-state index contributed by atoms with van der Waals surface area (Å²) in [5, 5.41) is 5.39. The molecule has 0 radical (unpaired) electrons. The molecule has 0 unspecified atom stereocenters. The van der Waals surface area contributed by atoms with Gasteiger partial charge in [-0.3, -0.25) is 0 Å². The lowest BCUT2D eigenvalue weighted by atomic mass is 10.2. The van der Waals surface area contributed by atoms with Crippen molar-refractivity contribution < 1.29 is 4.42 Å². The van der Waals surface area contributed by atoms with E-state index >= 15 is 0 Å². The lowest BCUT2D eigenvalue weighted by molar-refractivity contribution is 0.575. The fourth-order valence-electron chi connectivity index (χ4n) is 3.95. The molecule has 0 amide bonds. The van der Waals surface area contributed by atoms with E-state index in [9.17, 15) is 0 Å². The van der Waals surface area contributed by atoms with Crippen LogP contribution in [-0.4, -0.2) is 47.3 Å². The Morgan fingerprint density at radius 3 is 2.03 bits per heavy atom. The number of hydrogen-bond donors (Lipinski definition) is 1. The molecule has 10 heteroatoms. The minimum absolute atomic E-state index is 0.424. The van der Waals surface area contributed by atoms with Crippen molar-refractivity contribution in [2.45, 2.75) is 25.7 Å². The van der Waals surface area contributed by atoms with Crippen molar-refractivity contribution in [1.82, 2.24) is 15.0 Å². The number of hydrazone groups is 1.